The Bertz CT molecular complexity index is 1500. The van der Waals surface area contributed by atoms with Gasteiger partial charge in [0.1, 0.15) is 5.75 Å². The lowest BCUT2D eigenvalue weighted by Crippen LogP contribution is -2.25. The van der Waals surface area contributed by atoms with Crippen molar-refractivity contribution in [3.63, 3.8) is 0 Å². The highest BCUT2D eigenvalue weighted by molar-refractivity contribution is 7.88. The minimum absolute atomic E-state index is 0.307. The second-order valence-corrected chi connectivity index (χ2v) is 11.9. The molecule has 11 heteroatoms. The average Bonchev–Trinajstić information content (AvgIpc) is 3.58. The molecule has 0 spiro atoms. The van der Waals surface area contributed by atoms with Crippen LogP contribution in [0.2, 0.25) is 0 Å². The molecule has 0 saturated carbocycles. The number of ether oxygens (including phenoxy) is 1. The molecule has 206 valence electrons. The summed E-state index contributed by atoms with van der Waals surface area (Å²) < 4.78 is 32.7. The number of hydrogen-bond acceptors (Lipinski definition) is 8. The topological polar surface area (TPSA) is 113 Å². The van der Waals surface area contributed by atoms with Crippen molar-refractivity contribution in [2.75, 3.05) is 37.1 Å². The van der Waals surface area contributed by atoms with Gasteiger partial charge in [-0.3, -0.25) is 0 Å². The molecule has 1 aliphatic heterocycles. The normalized spacial score (nSPS) is 15.6. The average molecular weight is 550 g/mol. The summed E-state index contributed by atoms with van der Waals surface area (Å²) in [5.41, 5.74) is 4.33. The van der Waals surface area contributed by atoms with Crippen molar-refractivity contribution in [3.8, 4) is 5.75 Å². The number of aromatic nitrogens is 3. The molecule has 1 saturated heterocycles. The Balaban J connectivity index is 1.22. The first-order valence-electron chi connectivity index (χ1n) is 13.2. The third-order valence-corrected chi connectivity index (χ3v) is 8.18. The van der Waals surface area contributed by atoms with Crippen LogP contribution in [0.3, 0.4) is 0 Å². The summed E-state index contributed by atoms with van der Waals surface area (Å²) in [5, 5.41) is 14.8. The second kappa shape index (κ2) is 12.0. The molecule has 3 N–H and O–H groups in total. The largest absolute Gasteiger partial charge is 0.494 e. The van der Waals surface area contributed by atoms with E-state index >= 15 is 0 Å². The summed E-state index contributed by atoms with van der Waals surface area (Å²) >= 11 is 0. The maximum Gasteiger partial charge on any atom is 0.247 e. The smallest absolute Gasteiger partial charge is 0.247 e. The van der Waals surface area contributed by atoms with Crippen molar-refractivity contribution >= 4 is 33.0 Å². The van der Waals surface area contributed by atoms with E-state index in [9.17, 15) is 8.42 Å². The maximum absolute atomic E-state index is 11.9. The van der Waals surface area contributed by atoms with Gasteiger partial charge in [0.25, 0.3) is 0 Å². The monoisotopic (exact) mass is 549 g/mol. The van der Waals surface area contributed by atoms with E-state index in [-0.39, 0.29) is 0 Å². The number of sulfonamides is 1. The first-order valence-corrected chi connectivity index (χ1v) is 15.0. The Hall–Kier alpha value is -3.67. The van der Waals surface area contributed by atoms with Crippen molar-refractivity contribution < 1.29 is 13.2 Å². The first-order chi connectivity index (χ1) is 18.8. The van der Waals surface area contributed by atoms with E-state index < -0.39 is 10.0 Å². The first kappa shape index (κ1) is 26.9. The predicted molar refractivity (Wildman–Crippen MR) is 154 cm³/mol. The van der Waals surface area contributed by atoms with Crippen LogP contribution in [0.15, 0.2) is 66.9 Å². The summed E-state index contributed by atoms with van der Waals surface area (Å²) in [6.45, 7) is 2.63. The number of pyridine rings is 1. The fourth-order valence-electron chi connectivity index (χ4n) is 4.61. The lowest BCUT2D eigenvalue weighted by atomic mass is 10.1. The number of benzene rings is 2. The highest BCUT2D eigenvalue weighted by Crippen LogP contribution is 2.23. The molecule has 2 aromatic carbocycles. The molecule has 4 aromatic rings. The number of nitrogens with one attached hydrogen (secondary N) is 3. The van der Waals surface area contributed by atoms with Crippen LogP contribution in [-0.2, 0) is 23.1 Å². The number of fused-ring (bicyclic) bond motifs is 1. The van der Waals surface area contributed by atoms with Gasteiger partial charge in [-0.1, -0.05) is 24.3 Å². The summed E-state index contributed by atoms with van der Waals surface area (Å²) in [6.07, 6.45) is 6.56. The molecule has 1 aliphatic rings. The van der Waals surface area contributed by atoms with E-state index in [1.54, 1.807) is 11.6 Å². The van der Waals surface area contributed by atoms with Gasteiger partial charge in [-0.25, -0.2) is 17.2 Å². The molecule has 0 bridgehead atoms. The molecule has 0 amide bonds. The lowest BCUT2D eigenvalue weighted by molar-refractivity contribution is 0.292. The van der Waals surface area contributed by atoms with E-state index in [0.717, 1.165) is 41.2 Å². The van der Waals surface area contributed by atoms with Crippen LogP contribution >= 0.6 is 0 Å². The summed E-state index contributed by atoms with van der Waals surface area (Å²) in [5.74, 6) is 1.33. The SMILES string of the molecule is CN(Cc1ccccc1CNc1cccn2nc(Nc3ccc(OCCC4CCCN4)cc3)nc12)S(C)(=O)=O. The van der Waals surface area contributed by atoms with Crippen LogP contribution in [0.25, 0.3) is 5.65 Å². The molecule has 10 nitrogen and oxygen atoms in total. The molecule has 39 heavy (non-hydrogen) atoms. The Morgan fingerprint density at radius 2 is 1.90 bits per heavy atom. The number of anilines is 3. The summed E-state index contributed by atoms with van der Waals surface area (Å²) in [4.78, 5) is 4.69. The quantitative estimate of drug-likeness (QED) is 0.243. The van der Waals surface area contributed by atoms with Crippen molar-refractivity contribution in [3.05, 3.63) is 78.0 Å². The van der Waals surface area contributed by atoms with Gasteiger partial charge >= 0.3 is 0 Å². The fourth-order valence-corrected chi connectivity index (χ4v) is 4.99. The zero-order chi connectivity index (χ0) is 27.2. The third-order valence-electron chi connectivity index (χ3n) is 6.92. The van der Waals surface area contributed by atoms with Gasteiger partial charge < -0.3 is 20.7 Å². The van der Waals surface area contributed by atoms with Crippen molar-refractivity contribution in [1.29, 1.82) is 0 Å². The maximum atomic E-state index is 11.9. The number of hydrogen-bond donors (Lipinski definition) is 3. The van der Waals surface area contributed by atoms with Crippen LogP contribution in [0.5, 0.6) is 5.75 Å². The molecular formula is C28H35N7O3S. The zero-order valence-corrected chi connectivity index (χ0v) is 23.1. The van der Waals surface area contributed by atoms with Crippen LogP contribution in [0.1, 0.15) is 30.4 Å². The van der Waals surface area contributed by atoms with Gasteiger partial charge in [-0.2, -0.15) is 4.98 Å². The van der Waals surface area contributed by atoms with Crippen molar-refractivity contribution in [2.24, 2.45) is 0 Å². The second-order valence-electron chi connectivity index (χ2n) is 9.85. The summed E-state index contributed by atoms with van der Waals surface area (Å²) in [7, 11) is -1.69. The summed E-state index contributed by atoms with van der Waals surface area (Å²) in [6, 6.07) is 20.0. The van der Waals surface area contributed by atoms with E-state index in [0.29, 0.717) is 37.3 Å². The minimum atomic E-state index is -3.27. The number of nitrogens with zero attached hydrogens (tertiary/aromatic N) is 4. The Kier molecular flexibility index (Phi) is 8.30. The van der Waals surface area contributed by atoms with Gasteiger partial charge in [-0.15, -0.1) is 5.10 Å². The predicted octanol–water partition coefficient (Wildman–Crippen LogP) is 4.00. The van der Waals surface area contributed by atoms with Crippen LogP contribution in [0.4, 0.5) is 17.3 Å². The minimum Gasteiger partial charge on any atom is -0.494 e. The molecule has 3 heterocycles. The van der Waals surface area contributed by atoms with Crippen molar-refractivity contribution in [2.45, 2.75) is 38.4 Å². The van der Waals surface area contributed by atoms with E-state index in [4.69, 9.17) is 9.72 Å². The van der Waals surface area contributed by atoms with E-state index in [1.807, 2.05) is 66.9 Å². The van der Waals surface area contributed by atoms with Crippen LogP contribution in [0, 0.1) is 0 Å². The molecule has 1 atom stereocenters. The molecule has 5 rings (SSSR count). The standard InChI is InChI=1S/C28H35N7O3S/c1-34(39(2,36)37)20-22-8-4-3-7-21(22)19-30-26-10-6-17-35-27(26)32-28(33-35)31-24-11-13-25(14-12-24)38-18-15-23-9-5-16-29-23/h3-4,6-8,10-14,17,23,29-30H,5,9,15-16,18-20H2,1-2H3,(H,31,33). The van der Waals surface area contributed by atoms with Gasteiger partial charge in [0.05, 0.1) is 18.6 Å². The fraction of sp³-hybridized carbons (Fsp3) is 0.357. The Labute approximate surface area is 229 Å². The highest BCUT2D eigenvalue weighted by Gasteiger charge is 2.15. The van der Waals surface area contributed by atoms with Gasteiger partial charge in [-0.05, 0) is 73.3 Å². The van der Waals surface area contributed by atoms with Gasteiger partial charge in [0, 0.05) is 38.1 Å². The Morgan fingerprint density at radius 1 is 1.10 bits per heavy atom. The molecule has 2 aromatic heterocycles. The van der Waals surface area contributed by atoms with Gasteiger partial charge in [0.2, 0.25) is 16.0 Å². The van der Waals surface area contributed by atoms with E-state index in [1.165, 1.54) is 23.4 Å². The highest BCUT2D eigenvalue weighted by atomic mass is 32.2. The molecule has 1 unspecified atom stereocenters. The van der Waals surface area contributed by atoms with Crippen LogP contribution < -0.4 is 20.7 Å². The molecule has 0 radical (unpaired) electrons. The van der Waals surface area contributed by atoms with Crippen molar-refractivity contribution in [1.82, 2.24) is 24.2 Å². The van der Waals surface area contributed by atoms with E-state index in [2.05, 4.69) is 21.0 Å². The van der Waals surface area contributed by atoms with Gasteiger partial charge in [0.15, 0.2) is 5.65 Å². The van der Waals surface area contributed by atoms with Crippen LogP contribution in [-0.4, -0.2) is 59.8 Å². The molecular weight excluding hydrogens is 514 g/mol. The lowest BCUT2D eigenvalue weighted by Gasteiger charge is -2.17. The molecule has 1 fully saturated rings. The number of rotatable bonds is 12. The third kappa shape index (κ3) is 7.05. The molecule has 0 aliphatic carbocycles. The zero-order valence-electron chi connectivity index (χ0n) is 22.3. The Morgan fingerprint density at radius 3 is 2.64 bits per heavy atom.